The van der Waals surface area contributed by atoms with Crippen molar-refractivity contribution in [3.8, 4) is 11.3 Å². The highest BCUT2D eigenvalue weighted by molar-refractivity contribution is 9.10. The number of carbonyl (C=O) groups excluding carboxylic acids is 1. The molecule has 0 radical (unpaired) electrons. The molecule has 0 bridgehead atoms. The van der Waals surface area contributed by atoms with E-state index in [1.165, 1.54) is 0 Å². The zero-order chi connectivity index (χ0) is 17.8. The van der Waals surface area contributed by atoms with Gasteiger partial charge in [0.15, 0.2) is 0 Å². The van der Waals surface area contributed by atoms with Crippen LogP contribution in [0.4, 0.5) is 0 Å². The number of hydrogen-bond acceptors (Lipinski definition) is 2. The first-order valence-corrected chi connectivity index (χ1v) is 9.01. The number of rotatable bonds is 5. The van der Waals surface area contributed by atoms with Crippen molar-refractivity contribution in [2.24, 2.45) is 0 Å². The molecule has 6 heteroatoms. The second-order valence-corrected chi connectivity index (χ2v) is 7.00. The van der Waals surface area contributed by atoms with Crippen LogP contribution >= 0.6 is 27.5 Å². The number of carbonyl (C=O) groups is 1. The average molecular weight is 419 g/mol. The first kappa shape index (κ1) is 17.7. The summed E-state index contributed by atoms with van der Waals surface area (Å²) in [7, 11) is 1.64. The van der Waals surface area contributed by atoms with Crippen LogP contribution in [-0.4, -0.2) is 22.7 Å². The molecule has 0 saturated heterocycles. The third-order valence-electron chi connectivity index (χ3n) is 3.93. The number of benzene rings is 2. The fraction of sp³-hybridized carbons (Fsp3) is 0.158. The zero-order valence-electron chi connectivity index (χ0n) is 13.6. The molecule has 25 heavy (non-hydrogen) atoms. The van der Waals surface area contributed by atoms with E-state index in [1.807, 2.05) is 60.8 Å². The van der Waals surface area contributed by atoms with Gasteiger partial charge in [-0.15, -0.1) is 0 Å². The van der Waals surface area contributed by atoms with Gasteiger partial charge in [-0.05, 0) is 35.9 Å². The van der Waals surface area contributed by atoms with E-state index in [1.54, 1.807) is 11.7 Å². The van der Waals surface area contributed by atoms with E-state index in [9.17, 15) is 4.79 Å². The van der Waals surface area contributed by atoms with Gasteiger partial charge in [-0.3, -0.25) is 9.48 Å². The third-order valence-corrected chi connectivity index (χ3v) is 4.68. The Balaban J connectivity index is 1.89. The van der Waals surface area contributed by atoms with Gasteiger partial charge in [-0.1, -0.05) is 51.8 Å². The van der Waals surface area contributed by atoms with Crippen molar-refractivity contribution in [1.82, 2.24) is 15.1 Å². The summed E-state index contributed by atoms with van der Waals surface area (Å²) in [6.07, 6.45) is 2.39. The summed E-state index contributed by atoms with van der Waals surface area (Å²) in [5.41, 5.74) is 2.83. The van der Waals surface area contributed by atoms with Gasteiger partial charge in [0.25, 0.3) is 0 Å². The van der Waals surface area contributed by atoms with Crippen LogP contribution in [0.5, 0.6) is 0 Å². The molecule has 0 aliphatic carbocycles. The number of likely N-dealkylation sites (N-methyl/N-ethyl adjacent to an activating group) is 1. The molecule has 0 aliphatic rings. The molecule has 3 rings (SSSR count). The summed E-state index contributed by atoms with van der Waals surface area (Å²) >= 11 is 9.40. The van der Waals surface area contributed by atoms with E-state index in [2.05, 4.69) is 26.3 Å². The van der Waals surface area contributed by atoms with Crippen LogP contribution in [0, 0.1) is 0 Å². The minimum Gasteiger partial charge on any atom is -0.357 e. The second kappa shape index (κ2) is 7.85. The largest absolute Gasteiger partial charge is 0.357 e. The highest BCUT2D eigenvalue weighted by Crippen LogP contribution is 2.23. The van der Waals surface area contributed by atoms with Crippen molar-refractivity contribution < 1.29 is 4.79 Å². The van der Waals surface area contributed by atoms with E-state index in [4.69, 9.17) is 11.6 Å². The van der Waals surface area contributed by atoms with Gasteiger partial charge < -0.3 is 5.32 Å². The van der Waals surface area contributed by atoms with Crippen molar-refractivity contribution in [2.45, 2.75) is 12.5 Å². The zero-order valence-corrected chi connectivity index (χ0v) is 16.0. The van der Waals surface area contributed by atoms with Crippen molar-refractivity contribution >= 4 is 33.4 Å². The first-order valence-electron chi connectivity index (χ1n) is 7.84. The van der Waals surface area contributed by atoms with Crippen LogP contribution in [-0.2, 0) is 11.2 Å². The van der Waals surface area contributed by atoms with Gasteiger partial charge in [0.1, 0.15) is 6.04 Å². The lowest BCUT2D eigenvalue weighted by molar-refractivity contribution is -0.124. The first-order chi connectivity index (χ1) is 12.1. The maximum atomic E-state index is 12.4. The topological polar surface area (TPSA) is 46.9 Å². The minimum atomic E-state index is -0.416. The number of hydrogen-bond donors (Lipinski definition) is 1. The quantitative estimate of drug-likeness (QED) is 0.663. The Hall–Kier alpha value is -2.11. The minimum absolute atomic E-state index is 0.0780. The molecule has 128 valence electrons. The van der Waals surface area contributed by atoms with Gasteiger partial charge >= 0.3 is 0 Å². The molecule has 0 aliphatic heterocycles. The van der Waals surface area contributed by atoms with Crippen molar-refractivity contribution in [3.05, 3.63) is 75.9 Å². The smallest absolute Gasteiger partial charge is 0.244 e. The summed E-state index contributed by atoms with van der Waals surface area (Å²) < 4.78 is 2.70. The lowest BCUT2D eigenvalue weighted by atomic mass is 10.1. The van der Waals surface area contributed by atoms with Crippen LogP contribution in [0.25, 0.3) is 11.3 Å². The number of aromatic nitrogens is 2. The van der Waals surface area contributed by atoms with Crippen LogP contribution in [0.15, 0.2) is 65.3 Å². The predicted molar refractivity (Wildman–Crippen MR) is 104 cm³/mol. The average Bonchev–Trinajstić information content (AvgIpc) is 3.09. The van der Waals surface area contributed by atoms with Crippen molar-refractivity contribution in [2.75, 3.05) is 7.05 Å². The fourth-order valence-corrected chi connectivity index (χ4v) is 3.22. The molecule has 1 aromatic heterocycles. The Morgan fingerprint density at radius 1 is 1.24 bits per heavy atom. The van der Waals surface area contributed by atoms with Crippen LogP contribution in [0.3, 0.4) is 0 Å². The van der Waals surface area contributed by atoms with E-state index < -0.39 is 6.04 Å². The molecule has 1 unspecified atom stereocenters. The molecule has 1 amide bonds. The summed E-state index contributed by atoms with van der Waals surface area (Å²) in [6.45, 7) is 0. The predicted octanol–water partition coefficient (Wildman–Crippen LogP) is 4.50. The normalized spacial score (nSPS) is 12.0. The summed E-state index contributed by atoms with van der Waals surface area (Å²) in [5, 5.41) is 8.01. The lowest BCUT2D eigenvalue weighted by Crippen LogP contribution is -2.31. The van der Waals surface area contributed by atoms with Crippen LogP contribution in [0.2, 0.25) is 5.02 Å². The van der Waals surface area contributed by atoms with Gasteiger partial charge in [0.2, 0.25) is 5.91 Å². The number of nitrogens with zero attached hydrogens (tertiary/aromatic N) is 2. The third kappa shape index (κ3) is 4.30. The van der Waals surface area contributed by atoms with Gasteiger partial charge in [0, 0.05) is 34.7 Å². The fourth-order valence-electron chi connectivity index (χ4n) is 2.65. The number of nitrogens with one attached hydrogen (secondary N) is 1. The Bertz CT molecular complexity index is 876. The Morgan fingerprint density at radius 2 is 2.00 bits per heavy atom. The van der Waals surface area contributed by atoms with Crippen molar-refractivity contribution in [1.29, 1.82) is 0 Å². The second-order valence-electron chi connectivity index (χ2n) is 5.65. The standard InChI is InChI=1S/C19H17BrClN3O/c1-22-19(25)18(12-13-3-2-4-15(20)11-13)24-10-9-17(23-24)14-5-7-16(21)8-6-14/h2-11,18H,12H2,1H3,(H,22,25). The molecule has 0 fully saturated rings. The molecule has 1 N–H and O–H groups in total. The highest BCUT2D eigenvalue weighted by atomic mass is 79.9. The summed E-state index contributed by atoms with van der Waals surface area (Å²) in [6, 6.07) is 16.9. The van der Waals surface area contributed by atoms with E-state index >= 15 is 0 Å². The maximum Gasteiger partial charge on any atom is 0.244 e. The Kier molecular flexibility index (Phi) is 5.56. The van der Waals surface area contributed by atoms with Gasteiger partial charge in [-0.25, -0.2) is 0 Å². The number of amides is 1. The van der Waals surface area contributed by atoms with Gasteiger partial charge in [0.05, 0.1) is 5.69 Å². The molecule has 3 aromatic rings. The van der Waals surface area contributed by atoms with E-state index in [0.717, 1.165) is 21.3 Å². The molecule has 4 nitrogen and oxygen atoms in total. The Labute approximate surface area is 159 Å². The molecule has 1 atom stereocenters. The molecular weight excluding hydrogens is 402 g/mol. The molecule has 0 spiro atoms. The SMILES string of the molecule is CNC(=O)C(Cc1cccc(Br)c1)n1ccc(-c2ccc(Cl)cc2)n1. The Morgan fingerprint density at radius 3 is 2.68 bits per heavy atom. The molecule has 2 aromatic carbocycles. The van der Waals surface area contributed by atoms with Crippen molar-refractivity contribution in [3.63, 3.8) is 0 Å². The number of halogens is 2. The maximum absolute atomic E-state index is 12.4. The van der Waals surface area contributed by atoms with E-state index in [0.29, 0.717) is 11.4 Å². The monoisotopic (exact) mass is 417 g/mol. The van der Waals surface area contributed by atoms with E-state index in [-0.39, 0.29) is 5.91 Å². The highest BCUT2D eigenvalue weighted by Gasteiger charge is 2.21. The molecule has 1 heterocycles. The summed E-state index contributed by atoms with van der Waals surface area (Å²) in [4.78, 5) is 12.4. The molecular formula is C19H17BrClN3O. The van der Waals surface area contributed by atoms with Crippen LogP contribution in [0.1, 0.15) is 11.6 Å². The lowest BCUT2D eigenvalue weighted by Gasteiger charge is -2.16. The van der Waals surface area contributed by atoms with Crippen LogP contribution < -0.4 is 5.32 Å². The molecule has 0 saturated carbocycles. The van der Waals surface area contributed by atoms with Gasteiger partial charge in [-0.2, -0.15) is 5.10 Å². The summed E-state index contributed by atoms with van der Waals surface area (Å²) in [5.74, 6) is -0.0780.